The Morgan fingerprint density at radius 3 is 2.11 bits per heavy atom. The van der Waals surface area contributed by atoms with E-state index >= 15 is 0 Å². The van der Waals surface area contributed by atoms with Gasteiger partial charge in [0, 0.05) is 18.8 Å². The molecule has 1 spiro atoms. The standard InChI is InChI=1S/C24H22F6N4O3/c1-14-3-2-4-18(9-14)31-20(36)33-7-5-22(6-8-33)19(35)34(21(37)32-22)13-15-10-16(23(25,26)27)12-17(11-15)24(28,29)30/h2-4,9-12H,5-8,13H2,1H3,(H,31,36)(H,32,37). The summed E-state index contributed by atoms with van der Waals surface area (Å²) in [5.41, 5.74) is -3.43. The van der Waals surface area contributed by atoms with Gasteiger partial charge in [-0.2, -0.15) is 26.3 Å². The van der Waals surface area contributed by atoms with Gasteiger partial charge in [-0.15, -0.1) is 0 Å². The Labute approximate surface area is 207 Å². The molecular weight excluding hydrogens is 506 g/mol. The molecule has 2 aromatic rings. The van der Waals surface area contributed by atoms with E-state index in [1.54, 1.807) is 18.2 Å². The number of hydrogen-bond donors (Lipinski definition) is 2. The van der Waals surface area contributed by atoms with E-state index in [1.165, 1.54) is 4.90 Å². The Morgan fingerprint density at radius 2 is 1.57 bits per heavy atom. The summed E-state index contributed by atoms with van der Waals surface area (Å²) >= 11 is 0. The second-order valence-electron chi connectivity index (χ2n) is 9.10. The minimum absolute atomic E-state index is 0.0195. The fourth-order valence-electron chi connectivity index (χ4n) is 4.47. The van der Waals surface area contributed by atoms with Crippen molar-refractivity contribution < 1.29 is 40.7 Å². The quantitative estimate of drug-likeness (QED) is 0.427. The van der Waals surface area contributed by atoms with Crippen LogP contribution in [0.4, 0.5) is 41.6 Å². The number of urea groups is 2. The fraction of sp³-hybridized carbons (Fsp3) is 0.375. The molecule has 0 bridgehead atoms. The molecule has 7 nitrogen and oxygen atoms in total. The lowest BCUT2D eigenvalue weighted by atomic mass is 9.87. The Hall–Kier alpha value is -3.77. The molecule has 0 saturated carbocycles. The van der Waals surface area contributed by atoms with Crippen molar-refractivity contribution in [1.29, 1.82) is 0 Å². The van der Waals surface area contributed by atoms with Crippen molar-refractivity contribution in [3.63, 3.8) is 0 Å². The van der Waals surface area contributed by atoms with Crippen LogP contribution >= 0.6 is 0 Å². The number of nitrogens with zero attached hydrogens (tertiary/aromatic N) is 2. The number of alkyl halides is 6. The lowest BCUT2D eigenvalue weighted by Crippen LogP contribution is -2.56. The van der Waals surface area contributed by atoms with Crippen molar-refractivity contribution in [2.24, 2.45) is 0 Å². The molecule has 0 unspecified atom stereocenters. The van der Waals surface area contributed by atoms with E-state index in [2.05, 4.69) is 10.6 Å². The highest BCUT2D eigenvalue weighted by molar-refractivity contribution is 6.07. The highest BCUT2D eigenvalue weighted by Gasteiger charge is 2.53. The predicted molar refractivity (Wildman–Crippen MR) is 119 cm³/mol. The summed E-state index contributed by atoms with van der Waals surface area (Å²) in [6.07, 6.45) is -10.0. The van der Waals surface area contributed by atoms with Crippen molar-refractivity contribution in [1.82, 2.24) is 15.1 Å². The van der Waals surface area contributed by atoms with Gasteiger partial charge in [0.05, 0.1) is 17.7 Å². The predicted octanol–water partition coefficient (Wildman–Crippen LogP) is 5.15. The molecule has 2 N–H and O–H groups in total. The van der Waals surface area contributed by atoms with Crippen molar-refractivity contribution in [2.45, 2.75) is 44.2 Å². The van der Waals surface area contributed by atoms with Gasteiger partial charge >= 0.3 is 24.4 Å². The van der Waals surface area contributed by atoms with Gasteiger partial charge in [0.25, 0.3) is 5.91 Å². The van der Waals surface area contributed by atoms with Crippen molar-refractivity contribution >= 4 is 23.7 Å². The van der Waals surface area contributed by atoms with Crippen LogP contribution in [0.3, 0.4) is 0 Å². The number of amides is 5. The molecule has 13 heteroatoms. The molecule has 0 atom stereocenters. The second kappa shape index (κ2) is 9.27. The first-order valence-electron chi connectivity index (χ1n) is 11.2. The average molecular weight is 528 g/mol. The van der Waals surface area contributed by atoms with Crippen LogP contribution < -0.4 is 10.6 Å². The van der Waals surface area contributed by atoms with Crippen LogP contribution in [0.1, 0.15) is 35.1 Å². The number of hydrogen-bond acceptors (Lipinski definition) is 3. The molecular formula is C24H22F6N4O3. The van der Waals surface area contributed by atoms with E-state index in [9.17, 15) is 40.7 Å². The molecule has 2 heterocycles. The monoisotopic (exact) mass is 528 g/mol. The van der Waals surface area contributed by atoms with Crippen LogP contribution in [-0.4, -0.2) is 46.4 Å². The summed E-state index contributed by atoms with van der Waals surface area (Å²) in [5, 5.41) is 5.28. The number of likely N-dealkylation sites (tertiary alicyclic amines) is 1. The van der Waals surface area contributed by atoms with Crippen molar-refractivity contribution in [3.05, 3.63) is 64.7 Å². The van der Waals surface area contributed by atoms with Crippen LogP contribution in [0, 0.1) is 6.92 Å². The average Bonchev–Trinajstić information content (AvgIpc) is 3.02. The highest BCUT2D eigenvalue weighted by Crippen LogP contribution is 2.37. The molecule has 4 rings (SSSR count). The van der Waals surface area contributed by atoms with Crippen molar-refractivity contribution in [2.75, 3.05) is 18.4 Å². The Balaban J connectivity index is 1.47. The molecule has 37 heavy (non-hydrogen) atoms. The van der Waals surface area contributed by atoms with Gasteiger partial charge in [-0.25, -0.2) is 9.59 Å². The Kier molecular flexibility index (Phi) is 6.59. The lowest BCUT2D eigenvalue weighted by molar-refractivity contribution is -0.143. The summed E-state index contributed by atoms with van der Waals surface area (Å²) < 4.78 is 79.1. The maximum absolute atomic E-state index is 13.2. The first-order chi connectivity index (χ1) is 17.2. The number of rotatable bonds is 3. The minimum Gasteiger partial charge on any atom is -0.324 e. The van der Waals surface area contributed by atoms with Gasteiger partial charge < -0.3 is 15.5 Å². The highest BCUT2D eigenvalue weighted by atomic mass is 19.4. The van der Waals surface area contributed by atoms with Crippen molar-refractivity contribution in [3.8, 4) is 0 Å². The fourth-order valence-corrected chi connectivity index (χ4v) is 4.47. The topological polar surface area (TPSA) is 81.8 Å². The molecule has 0 aromatic heterocycles. The van der Waals surface area contributed by atoms with Crippen LogP contribution in [0.2, 0.25) is 0 Å². The first-order valence-corrected chi connectivity index (χ1v) is 11.2. The number of halogens is 6. The van der Waals surface area contributed by atoms with Gasteiger partial charge in [-0.3, -0.25) is 9.69 Å². The van der Waals surface area contributed by atoms with Gasteiger partial charge in [0.1, 0.15) is 5.54 Å². The van der Waals surface area contributed by atoms with E-state index in [0.29, 0.717) is 22.7 Å². The smallest absolute Gasteiger partial charge is 0.324 e. The molecule has 0 aliphatic carbocycles. The second-order valence-corrected chi connectivity index (χ2v) is 9.10. The number of imide groups is 1. The number of carbonyl (C=O) groups excluding carboxylic acids is 3. The molecule has 198 valence electrons. The van der Waals surface area contributed by atoms with Gasteiger partial charge in [-0.1, -0.05) is 12.1 Å². The van der Waals surface area contributed by atoms with Crippen LogP contribution in [-0.2, 0) is 23.7 Å². The van der Waals surface area contributed by atoms with E-state index in [0.717, 1.165) is 5.56 Å². The Morgan fingerprint density at radius 1 is 0.973 bits per heavy atom. The number of aryl methyl sites for hydroxylation is 1. The normalized spacial score (nSPS) is 17.8. The summed E-state index contributed by atoms with van der Waals surface area (Å²) in [6.45, 7) is 1.29. The molecule has 5 amide bonds. The maximum atomic E-state index is 13.2. The number of benzene rings is 2. The third-order valence-electron chi connectivity index (χ3n) is 6.41. The zero-order chi connectivity index (χ0) is 27.2. The molecule has 2 saturated heterocycles. The minimum atomic E-state index is -5.06. The van der Waals surface area contributed by atoms with Gasteiger partial charge in [-0.05, 0) is 61.2 Å². The largest absolute Gasteiger partial charge is 0.416 e. The van der Waals surface area contributed by atoms with Crippen LogP contribution in [0.25, 0.3) is 0 Å². The van der Waals surface area contributed by atoms with E-state index in [-0.39, 0.29) is 32.0 Å². The number of nitrogens with one attached hydrogen (secondary N) is 2. The Bertz CT molecular complexity index is 1200. The van der Waals surface area contributed by atoms with Gasteiger partial charge in [0.15, 0.2) is 0 Å². The molecule has 2 fully saturated rings. The zero-order valence-corrected chi connectivity index (χ0v) is 19.5. The van der Waals surface area contributed by atoms with E-state index in [4.69, 9.17) is 0 Å². The molecule has 2 aliphatic rings. The number of anilines is 1. The molecule has 0 radical (unpaired) electrons. The van der Waals surface area contributed by atoms with E-state index in [1.807, 2.05) is 13.0 Å². The van der Waals surface area contributed by atoms with E-state index < -0.39 is 59.1 Å². The number of piperidine rings is 1. The SMILES string of the molecule is Cc1cccc(NC(=O)N2CCC3(CC2)NC(=O)N(Cc2cc(C(F)(F)F)cc(C(F)(F)F)c2)C3=O)c1. The van der Waals surface area contributed by atoms with Crippen LogP contribution in [0.15, 0.2) is 42.5 Å². The molecule has 2 aliphatic heterocycles. The summed E-state index contributed by atoms with van der Waals surface area (Å²) in [4.78, 5) is 40.4. The van der Waals surface area contributed by atoms with Crippen LogP contribution in [0.5, 0.6) is 0 Å². The number of carbonyl (C=O) groups is 3. The third kappa shape index (κ3) is 5.49. The zero-order valence-electron chi connectivity index (χ0n) is 19.5. The lowest BCUT2D eigenvalue weighted by Gasteiger charge is -2.37. The first kappa shape index (κ1) is 26.3. The summed E-state index contributed by atoms with van der Waals surface area (Å²) in [5.74, 6) is -0.762. The maximum Gasteiger partial charge on any atom is 0.416 e. The third-order valence-corrected chi connectivity index (χ3v) is 6.41. The summed E-state index contributed by atoms with van der Waals surface area (Å²) in [6, 6.07) is 6.76. The van der Waals surface area contributed by atoms with Gasteiger partial charge in [0.2, 0.25) is 0 Å². The summed E-state index contributed by atoms with van der Waals surface area (Å²) in [7, 11) is 0. The molecule has 2 aromatic carbocycles.